The lowest BCUT2D eigenvalue weighted by Crippen LogP contribution is -2.14. The molecule has 1 nitrogen and oxygen atoms in total. The predicted octanol–water partition coefficient (Wildman–Crippen LogP) is 6.29. The molecule has 2 aromatic rings. The van der Waals surface area contributed by atoms with Crippen LogP contribution in [0.1, 0.15) is 24.1 Å². The Bertz CT molecular complexity index is 643. The van der Waals surface area contributed by atoms with Crippen LogP contribution in [0.5, 0.6) is 0 Å². The second-order valence-electron chi connectivity index (χ2n) is 4.58. The summed E-state index contributed by atoms with van der Waals surface area (Å²) in [6.45, 7) is 1.78. The average Bonchev–Trinajstić information content (AvgIpc) is 2.39. The summed E-state index contributed by atoms with van der Waals surface area (Å²) in [5.74, 6) is 0. The standard InChI is InChI=1S/C15H12BrClF3N/c1-9(10-4-2-5-11(16)8-10)21-14-12(15(18,19)20)6-3-7-13(14)17/h2-9,21H,1H3. The van der Waals surface area contributed by atoms with Gasteiger partial charge in [0.2, 0.25) is 0 Å². The number of alkyl halides is 3. The zero-order valence-electron chi connectivity index (χ0n) is 11.0. The molecule has 0 aliphatic rings. The Morgan fingerprint density at radius 3 is 2.43 bits per heavy atom. The quantitative estimate of drug-likeness (QED) is 0.661. The lowest BCUT2D eigenvalue weighted by atomic mass is 10.1. The first-order valence-corrected chi connectivity index (χ1v) is 7.34. The Morgan fingerprint density at radius 2 is 1.81 bits per heavy atom. The molecule has 0 heterocycles. The number of nitrogens with one attached hydrogen (secondary N) is 1. The summed E-state index contributed by atoms with van der Waals surface area (Å²) in [4.78, 5) is 0. The minimum atomic E-state index is -4.45. The van der Waals surface area contributed by atoms with Crippen LogP contribution < -0.4 is 5.32 Å². The third kappa shape index (κ3) is 3.92. The maximum absolute atomic E-state index is 13.0. The number of hydrogen-bond donors (Lipinski definition) is 1. The number of rotatable bonds is 3. The van der Waals surface area contributed by atoms with Crippen LogP contribution in [-0.2, 0) is 6.18 Å². The number of hydrogen-bond acceptors (Lipinski definition) is 1. The molecule has 21 heavy (non-hydrogen) atoms. The highest BCUT2D eigenvalue weighted by molar-refractivity contribution is 9.10. The van der Waals surface area contributed by atoms with Crippen molar-refractivity contribution in [1.29, 1.82) is 0 Å². The number of halogens is 5. The molecule has 0 aliphatic carbocycles. The normalized spacial score (nSPS) is 13.0. The minimum absolute atomic E-state index is 0.0478. The molecule has 0 aromatic heterocycles. The van der Waals surface area contributed by atoms with Gasteiger partial charge in [0.15, 0.2) is 0 Å². The zero-order chi connectivity index (χ0) is 15.6. The topological polar surface area (TPSA) is 12.0 Å². The lowest BCUT2D eigenvalue weighted by Gasteiger charge is -2.21. The summed E-state index contributed by atoms with van der Waals surface area (Å²) in [6.07, 6.45) is -4.45. The molecule has 0 saturated heterocycles. The van der Waals surface area contributed by atoms with Crippen LogP contribution in [0.2, 0.25) is 5.02 Å². The lowest BCUT2D eigenvalue weighted by molar-refractivity contribution is -0.137. The molecule has 112 valence electrons. The van der Waals surface area contributed by atoms with E-state index in [0.717, 1.165) is 16.1 Å². The summed E-state index contributed by atoms with van der Waals surface area (Å²) >= 11 is 9.27. The van der Waals surface area contributed by atoms with Gasteiger partial charge < -0.3 is 5.32 Å². The molecule has 0 radical (unpaired) electrons. The molecule has 1 unspecified atom stereocenters. The molecule has 0 amide bonds. The Balaban J connectivity index is 2.35. The van der Waals surface area contributed by atoms with E-state index in [2.05, 4.69) is 21.2 Å². The van der Waals surface area contributed by atoms with E-state index in [4.69, 9.17) is 11.6 Å². The summed E-state index contributed by atoms with van der Waals surface area (Å²) in [5.41, 5.74) is -0.00610. The molecule has 1 N–H and O–H groups in total. The van der Waals surface area contributed by atoms with Crippen LogP contribution in [0.25, 0.3) is 0 Å². The molecule has 0 fully saturated rings. The summed E-state index contributed by atoms with van der Waals surface area (Å²) in [7, 11) is 0. The summed E-state index contributed by atoms with van der Waals surface area (Å²) in [5, 5.41) is 2.90. The van der Waals surface area contributed by atoms with E-state index < -0.39 is 11.7 Å². The van der Waals surface area contributed by atoms with E-state index in [0.29, 0.717) is 0 Å². The van der Waals surface area contributed by atoms with Gasteiger partial charge in [-0.25, -0.2) is 0 Å². The van der Waals surface area contributed by atoms with Crippen molar-refractivity contribution in [3.63, 3.8) is 0 Å². The Labute approximate surface area is 134 Å². The molecule has 0 bridgehead atoms. The second kappa shape index (κ2) is 6.28. The largest absolute Gasteiger partial charge is 0.418 e. The van der Waals surface area contributed by atoms with Crippen molar-refractivity contribution in [3.05, 3.63) is 63.1 Å². The van der Waals surface area contributed by atoms with E-state index in [-0.39, 0.29) is 16.8 Å². The molecular weight excluding hydrogens is 367 g/mol. The predicted molar refractivity (Wildman–Crippen MR) is 82.6 cm³/mol. The van der Waals surface area contributed by atoms with E-state index in [1.165, 1.54) is 12.1 Å². The van der Waals surface area contributed by atoms with Gasteiger partial charge in [0.25, 0.3) is 0 Å². The van der Waals surface area contributed by atoms with Crippen LogP contribution >= 0.6 is 27.5 Å². The second-order valence-corrected chi connectivity index (χ2v) is 5.90. The molecule has 1 atom stereocenters. The third-order valence-corrected chi connectivity index (χ3v) is 3.84. The van der Waals surface area contributed by atoms with Crippen molar-refractivity contribution in [2.75, 3.05) is 5.32 Å². The fourth-order valence-corrected chi connectivity index (χ4v) is 2.63. The van der Waals surface area contributed by atoms with Gasteiger partial charge in [-0.15, -0.1) is 0 Å². The van der Waals surface area contributed by atoms with Gasteiger partial charge in [-0.3, -0.25) is 0 Å². The molecule has 2 aromatic carbocycles. The van der Waals surface area contributed by atoms with Gasteiger partial charge in [0.1, 0.15) is 0 Å². The summed E-state index contributed by atoms with van der Waals surface area (Å²) in [6, 6.07) is 10.8. The van der Waals surface area contributed by atoms with Crippen molar-refractivity contribution >= 4 is 33.2 Å². The first-order valence-electron chi connectivity index (χ1n) is 6.16. The van der Waals surface area contributed by atoms with Gasteiger partial charge in [0.05, 0.1) is 16.3 Å². The molecule has 0 spiro atoms. The Kier molecular flexibility index (Phi) is 4.84. The molecule has 0 aliphatic heterocycles. The first-order chi connectivity index (χ1) is 9.79. The van der Waals surface area contributed by atoms with Gasteiger partial charge in [-0.2, -0.15) is 13.2 Å². The molecule has 6 heteroatoms. The number of anilines is 1. The SMILES string of the molecule is CC(Nc1c(Cl)cccc1C(F)(F)F)c1cccc(Br)c1. The van der Waals surface area contributed by atoms with Crippen LogP contribution in [0.4, 0.5) is 18.9 Å². The maximum Gasteiger partial charge on any atom is 0.418 e. The third-order valence-electron chi connectivity index (χ3n) is 3.03. The highest BCUT2D eigenvalue weighted by atomic mass is 79.9. The van der Waals surface area contributed by atoms with Crippen molar-refractivity contribution in [3.8, 4) is 0 Å². The van der Waals surface area contributed by atoms with Gasteiger partial charge in [0, 0.05) is 10.5 Å². The minimum Gasteiger partial charge on any atom is -0.377 e. The van der Waals surface area contributed by atoms with Crippen molar-refractivity contribution in [1.82, 2.24) is 0 Å². The zero-order valence-corrected chi connectivity index (χ0v) is 13.4. The smallest absolute Gasteiger partial charge is 0.377 e. The van der Waals surface area contributed by atoms with E-state index in [1.807, 2.05) is 24.3 Å². The fourth-order valence-electron chi connectivity index (χ4n) is 1.98. The highest BCUT2D eigenvalue weighted by Crippen LogP contribution is 2.39. The summed E-state index contributed by atoms with van der Waals surface area (Å²) < 4.78 is 40.0. The Hall–Kier alpha value is -1.20. The first kappa shape index (κ1) is 16.2. The highest BCUT2D eigenvalue weighted by Gasteiger charge is 2.34. The fraction of sp³-hybridized carbons (Fsp3) is 0.200. The molecule has 0 saturated carbocycles. The van der Waals surface area contributed by atoms with E-state index in [9.17, 15) is 13.2 Å². The van der Waals surface area contributed by atoms with Crippen molar-refractivity contribution < 1.29 is 13.2 Å². The van der Waals surface area contributed by atoms with Gasteiger partial charge >= 0.3 is 6.18 Å². The average molecular weight is 379 g/mol. The maximum atomic E-state index is 13.0. The van der Waals surface area contributed by atoms with Crippen LogP contribution in [-0.4, -0.2) is 0 Å². The van der Waals surface area contributed by atoms with Crippen LogP contribution in [0.3, 0.4) is 0 Å². The van der Waals surface area contributed by atoms with E-state index in [1.54, 1.807) is 6.92 Å². The number of benzene rings is 2. The van der Waals surface area contributed by atoms with Crippen LogP contribution in [0, 0.1) is 0 Å². The van der Waals surface area contributed by atoms with E-state index >= 15 is 0 Å². The van der Waals surface area contributed by atoms with Crippen molar-refractivity contribution in [2.24, 2.45) is 0 Å². The molecular formula is C15H12BrClF3N. The Morgan fingerprint density at radius 1 is 1.14 bits per heavy atom. The molecule has 2 rings (SSSR count). The monoisotopic (exact) mass is 377 g/mol. The van der Waals surface area contributed by atoms with Crippen LogP contribution in [0.15, 0.2) is 46.9 Å². The number of para-hydroxylation sites is 1. The van der Waals surface area contributed by atoms with Crippen molar-refractivity contribution in [2.45, 2.75) is 19.1 Å². The van der Waals surface area contributed by atoms with Gasteiger partial charge in [-0.05, 0) is 36.8 Å². The van der Waals surface area contributed by atoms with Gasteiger partial charge in [-0.1, -0.05) is 45.7 Å².